The van der Waals surface area contributed by atoms with Gasteiger partial charge in [0.25, 0.3) is 0 Å². The molecule has 3 heteroatoms. The molecule has 0 radical (unpaired) electrons. The molecule has 1 aromatic rings. The molecule has 1 aliphatic carbocycles. The molecule has 0 aromatic carbocycles. The van der Waals surface area contributed by atoms with Gasteiger partial charge in [0.05, 0.1) is 6.10 Å². The second kappa shape index (κ2) is 4.62. The van der Waals surface area contributed by atoms with E-state index in [2.05, 4.69) is 16.5 Å². The lowest BCUT2D eigenvalue weighted by Crippen LogP contribution is -2.03. The molecule has 2 rings (SSSR count). The van der Waals surface area contributed by atoms with Gasteiger partial charge in [-0.15, -0.1) is 0 Å². The zero-order valence-corrected chi connectivity index (χ0v) is 9.19. The topological polar surface area (TPSA) is 38.0 Å². The second-order valence-electron chi connectivity index (χ2n) is 4.14. The second-order valence-corrected chi connectivity index (χ2v) is 4.14. The van der Waals surface area contributed by atoms with Crippen LogP contribution in [-0.2, 0) is 13.0 Å². The van der Waals surface area contributed by atoms with Crippen molar-refractivity contribution in [3.8, 4) is 0 Å². The average Bonchev–Trinajstić information content (AvgIpc) is 2.78. The van der Waals surface area contributed by atoms with Crippen LogP contribution in [0.15, 0.2) is 24.0 Å². The third-order valence-corrected chi connectivity index (χ3v) is 2.84. The van der Waals surface area contributed by atoms with Crippen LogP contribution in [0.5, 0.6) is 0 Å². The largest absolute Gasteiger partial charge is 0.389 e. The zero-order valence-electron chi connectivity index (χ0n) is 9.19. The minimum atomic E-state index is -0.227. The first kappa shape index (κ1) is 10.4. The van der Waals surface area contributed by atoms with E-state index in [-0.39, 0.29) is 6.10 Å². The maximum atomic E-state index is 9.40. The maximum Gasteiger partial charge on any atom is 0.112 e. The van der Waals surface area contributed by atoms with Crippen LogP contribution in [0.2, 0.25) is 0 Å². The Bertz CT molecular complexity index is 354. The quantitative estimate of drug-likeness (QED) is 0.764. The van der Waals surface area contributed by atoms with Gasteiger partial charge in [-0.1, -0.05) is 18.6 Å². The molecule has 0 saturated heterocycles. The SMILES string of the molecule is CCCn1ccnc1CC1=CC(O)CC1. The molecule has 0 amide bonds. The molecule has 0 bridgehead atoms. The normalized spacial score (nSPS) is 20.7. The van der Waals surface area contributed by atoms with E-state index in [1.165, 1.54) is 5.57 Å². The van der Waals surface area contributed by atoms with Crippen LogP contribution >= 0.6 is 0 Å². The summed E-state index contributed by atoms with van der Waals surface area (Å²) in [7, 11) is 0. The first-order valence-electron chi connectivity index (χ1n) is 5.67. The first-order valence-corrected chi connectivity index (χ1v) is 5.67. The van der Waals surface area contributed by atoms with Gasteiger partial charge in [-0.25, -0.2) is 4.98 Å². The number of imidazole rings is 1. The molecule has 15 heavy (non-hydrogen) atoms. The summed E-state index contributed by atoms with van der Waals surface area (Å²) in [5, 5.41) is 9.40. The van der Waals surface area contributed by atoms with E-state index in [1.807, 2.05) is 18.5 Å². The summed E-state index contributed by atoms with van der Waals surface area (Å²) in [5.41, 5.74) is 1.33. The first-order chi connectivity index (χ1) is 7.29. The maximum absolute atomic E-state index is 9.40. The zero-order chi connectivity index (χ0) is 10.7. The van der Waals surface area contributed by atoms with E-state index >= 15 is 0 Å². The lowest BCUT2D eigenvalue weighted by molar-refractivity contribution is 0.223. The highest BCUT2D eigenvalue weighted by atomic mass is 16.3. The van der Waals surface area contributed by atoms with Crippen molar-refractivity contribution in [1.82, 2.24) is 9.55 Å². The van der Waals surface area contributed by atoms with Crippen molar-refractivity contribution < 1.29 is 5.11 Å². The van der Waals surface area contributed by atoms with E-state index in [4.69, 9.17) is 0 Å². The van der Waals surface area contributed by atoms with Gasteiger partial charge in [-0.05, 0) is 19.3 Å². The third kappa shape index (κ3) is 2.48. The summed E-state index contributed by atoms with van der Waals surface area (Å²) in [6.07, 6.45) is 9.56. The Morgan fingerprint density at radius 2 is 2.47 bits per heavy atom. The Hall–Kier alpha value is -1.09. The molecule has 0 saturated carbocycles. The standard InChI is InChI=1S/C12H18N2O/c1-2-6-14-7-5-13-12(14)9-10-3-4-11(15)8-10/h5,7-8,11,15H,2-4,6,9H2,1H3. The third-order valence-electron chi connectivity index (χ3n) is 2.84. The van der Waals surface area contributed by atoms with E-state index in [0.717, 1.165) is 38.1 Å². The fraction of sp³-hybridized carbons (Fsp3) is 0.583. The van der Waals surface area contributed by atoms with Crippen molar-refractivity contribution in [2.45, 2.75) is 45.3 Å². The van der Waals surface area contributed by atoms with Crippen molar-refractivity contribution in [2.75, 3.05) is 0 Å². The van der Waals surface area contributed by atoms with Crippen molar-refractivity contribution in [3.63, 3.8) is 0 Å². The summed E-state index contributed by atoms with van der Waals surface area (Å²) >= 11 is 0. The van der Waals surface area contributed by atoms with E-state index in [9.17, 15) is 5.11 Å². The van der Waals surface area contributed by atoms with Crippen LogP contribution in [-0.4, -0.2) is 20.8 Å². The van der Waals surface area contributed by atoms with E-state index in [1.54, 1.807) is 0 Å². The van der Waals surface area contributed by atoms with Crippen LogP contribution in [0.4, 0.5) is 0 Å². The number of aliphatic hydroxyl groups is 1. The lowest BCUT2D eigenvalue weighted by Gasteiger charge is -2.06. The molecular formula is C12H18N2O. The molecular weight excluding hydrogens is 188 g/mol. The number of aryl methyl sites for hydroxylation is 1. The van der Waals surface area contributed by atoms with Crippen LogP contribution < -0.4 is 0 Å². The summed E-state index contributed by atoms with van der Waals surface area (Å²) in [5.74, 6) is 1.12. The average molecular weight is 206 g/mol. The van der Waals surface area contributed by atoms with Crippen LogP contribution in [0, 0.1) is 0 Å². The Morgan fingerprint density at radius 3 is 3.13 bits per heavy atom. The summed E-state index contributed by atoms with van der Waals surface area (Å²) < 4.78 is 2.20. The van der Waals surface area contributed by atoms with Crippen LogP contribution in [0.25, 0.3) is 0 Å². The van der Waals surface area contributed by atoms with Crippen molar-refractivity contribution in [2.24, 2.45) is 0 Å². The number of rotatable bonds is 4. The summed E-state index contributed by atoms with van der Waals surface area (Å²) in [6.45, 7) is 3.20. The summed E-state index contributed by atoms with van der Waals surface area (Å²) in [4.78, 5) is 4.36. The van der Waals surface area contributed by atoms with Gasteiger partial charge in [0, 0.05) is 25.4 Å². The van der Waals surface area contributed by atoms with Crippen molar-refractivity contribution in [3.05, 3.63) is 29.9 Å². The number of nitrogens with zero attached hydrogens (tertiary/aromatic N) is 2. The molecule has 1 aromatic heterocycles. The minimum absolute atomic E-state index is 0.227. The number of aromatic nitrogens is 2. The fourth-order valence-corrected chi connectivity index (χ4v) is 2.07. The van der Waals surface area contributed by atoms with Gasteiger partial charge in [0.15, 0.2) is 0 Å². The van der Waals surface area contributed by atoms with E-state index in [0.29, 0.717) is 0 Å². The Labute approximate surface area is 90.5 Å². The highest BCUT2D eigenvalue weighted by Crippen LogP contribution is 2.21. The molecule has 0 spiro atoms. The molecule has 1 atom stereocenters. The molecule has 0 aliphatic heterocycles. The number of hydrogen-bond donors (Lipinski definition) is 1. The Morgan fingerprint density at radius 1 is 1.60 bits per heavy atom. The predicted octanol–water partition coefficient (Wildman–Crippen LogP) is 1.92. The Balaban J connectivity index is 2.04. The molecule has 1 aliphatic rings. The molecule has 1 N–H and O–H groups in total. The van der Waals surface area contributed by atoms with E-state index < -0.39 is 0 Å². The predicted molar refractivity (Wildman–Crippen MR) is 59.5 cm³/mol. The van der Waals surface area contributed by atoms with Gasteiger partial charge in [-0.2, -0.15) is 0 Å². The van der Waals surface area contributed by atoms with Crippen LogP contribution in [0.3, 0.4) is 0 Å². The highest BCUT2D eigenvalue weighted by Gasteiger charge is 2.14. The number of aliphatic hydroxyl groups excluding tert-OH is 1. The molecule has 0 fully saturated rings. The molecule has 1 unspecified atom stereocenters. The Kier molecular flexibility index (Phi) is 3.21. The van der Waals surface area contributed by atoms with Gasteiger partial charge < -0.3 is 9.67 Å². The smallest absolute Gasteiger partial charge is 0.112 e. The fourth-order valence-electron chi connectivity index (χ4n) is 2.07. The van der Waals surface area contributed by atoms with Gasteiger partial charge in [0.2, 0.25) is 0 Å². The highest BCUT2D eigenvalue weighted by molar-refractivity contribution is 5.17. The number of hydrogen-bond acceptors (Lipinski definition) is 2. The molecule has 82 valence electrons. The van der Waals surface area contributed by atoms with Crippen LogP contribution in [0.1, 0.15) is 32.0 Å². The molecule has 1 heterocycles. The van der Waals surface area contributed by atoms with Gasteiger partial charge in [0.1, 0.15) is 5.82 Å². The lowest BCUT2D eigenvalue weighted by atomic mass is 10.1. The van der Waals surface area contributed by atoms with Gasteiger partial charge >= 0.3 is 0 Å². The number of allylic oxidation sites excluding steroid dienone is 1. The minimum Gasteiger partial charge on any atom is -0.389 e. The summed E-state index contributed by atoms with van der Waals surface area (Å²) in [6, 6.07) is 0. The van der Waals surface area contributed by atoms with Crippen molar-refractivity contribution in [1.29, 1.82) is 0 Å². The molecule has 3 nitrogen and oxygen atoms in total. The van der Waals surface area contributed by atoms with Gasteiger partial charge in [-0.3, -0.25) is 0 Å². The monoisotopic (exact) mass is 206 g/mol. The van der Waals surface area contributed by atoms with Crippen molar-refractivity contribution >= 4 is 0 Å².